The molecule has 1 aromatic carbocycles. The van der Waals surface area contributed by atoms with Gasteiger partial charge >= 0.3 is 0 Å². The smallest absolute Gasteiger partial charge is 0.278 e. The van der Waals surface area contributed by atoms with Crippen molar-refractivity contribution in [2.75, 3.05) is 17.9 Å². The number of nitrogens with zero attached hydrogens (tertiary/aromatic N) is 2. The SMILES string of the molecule is CCC(C)n1c(SCC(=O)Nc2ccc3c(c2)OCO3)nc2cc(C)[nH]c2c1=O. The number of benzene rings is 1. The van der Waals surface area contributed by atoms with Crippen molar-refractivity contribution in [1.29, 1.82) is 0 Å². The molecule has 1 aliphatic heterocycles. The highest BCUT2D eigenvalue weighted by molar-refractivity contribution is 7.99. The van der Waals surface area contributed by atoms with E-state index in [-0.39, 0.29) is 30.1 Å². The fraction of sp³-hybridized carbons (Fsp3) is 0.350. The number of nitrogens with one attached hydrogen (secondary N) is 2. The predicted molar refractivity (Wildman–Crippen MR) is 112 cm³/mol. The average molecular weight is 414 g/mol. The van der Waals surface area contributed by atoms with Crippen molar-refractivity contribution >= 4 is 34.4 Å². The number of hydrogen-bond donors (Lipinski definition) is 2. The first kappa shape index (κ1) is 19.4. The third-order valence-electron chi connectivity index (χ3n) is 4.81. The van der Waals surface area contributed by atoms with Gasteiger partial charge < -0.3 is 19.8 Å². The Morgan fingerprint density at radius 1 is 1.34 bits per heavy atom. The molecule has 1 amide bonds. The van der Waals surface area contributed by atoms with E-state index in [0.29, 0.717) is 33.4 Å². The molecule has 3 heterocycles. The van der Waals surface area contributed by atoms with E-state index < -0.39 is 0 Å². The summed E-state index contributed by atoms with van der Waals surface area (Å²) in [5, 5.41) is 3.38. The molecule has 1 aliphatic rings. The summed E-state index contributed by atoms with van der Waals surface area (Å²) in [7, 11) is 0. The summed E-state index contributed by atoms with van der Waals surface area (Å²) in [5.74, 6) is 1.21. The Balaban J connectivity index is 1.54. The van der Waals surface area contributed by atoms with E-state index in [0.717, 1.165) is 12.1 Å². The van der Waals surface area contributed by atoms with Crippen LogP contribution in [0.4, 0.5) is 5.69 Å². The van der Waals surface area contributed by atoms with Crippen LogP contribution in [0, 0.1) is 6.92 Å². The van der Waals surface area contributed by atoms with Crippen LogP contribution in [-0.2, 0) is 4.79 Å². The maximum atomic E-state index is 13.0. The Morgan fingerprint density at radius 3 is 2.93 bits per heavy atom. The van der Waals surface area contributed by atoms with Crippen LogP contribution in [0.1, 0.15) is 32.0 Å². The highest BCUT2D eigenvalue weighted by Crippen LogP contribution is 2.34. The van der Waals surface area contributed by atoms with Gasteiger partial charge in [-0.1, -0.05) is 18.7 Å². The van der Waals surface area contributed by atoms with Gasteiger partial charge in [-0.3, -0.25) is 14.2 Å². The summed E-state index contributed by atoms with van der Waals surface area (Å²) in [6, 6.07) is 7.07. The summed E-state index contributed by atoms with van der Waals surface area (Å²) in [6.45, 7) is 6.06. The summed E-state index contributed by atoms with van der Waals surface area (Å²) in [6.07, 6.45) is 0.781. The van der Waals surface area contributed by atoms with E-state index in [1.54, 1.807) is 22.8 Å². The fourth-order valence-corrected chi connectivity index (χ4v) is 4.06. The number of thioether (sulfide) groups is 1. The number of fused-ring (bicyclic) bond motifs is 2. The van der Waals surface area contributed by atoms with Crippen LogP contribution in [0.25, 0.3) is 11.0 Å². The third kappa shape index (κ3) is 3.82. The number of carbonyl (C=O) groups is 1. The van der Waals surface area contributed by atoms with E-state index in [1.807, 2.05) is 26.8 Å². The monoisotopic (exact) mass is 414 g/mol. The van der Waals surface area contributed by atoms with Gasteiger partial charge in [0.05, 0.1) is 11.3 Å². The lowest BCUT2D eigenvalue weighted by atomic mass is 10.2. The zero-order valence-corrected chi connectivity index (χ0v) is 17.3. The lowest BCUT2D eigenvalue weighted by Gasteiger charge is -2.17. The van der Waals surface area contributed by atoms with Crippen LogP contribution in [0.2, 0.25) is 0 Å². The van der Waals surface area contributed by atoms with Crippen LogP contribution in [0.15, 0.2) is 34.2 Å². The molecule has 8 nitrogen and oxygen atoms in total. The van der Waals surface area contributed by atoms with E-state index in [9.17, 15) is 9.59 Å². The van der Waals surface area contributed by atoms with Gasteiger partial charge in [-0.2, -0.15) is 0 Å². The van der Waals surface area contributed by atoms with Gasteiger partial charge in [0.15, 0.2) is 16.7 Å². The van der Waals surface area contributed by atoms with Crippen molar-refractivity contribution in [3.05, 3.63) is 40.3 Å². The van der Waals surface area contributed by atoms with Crippen molar-refractivity contribution < 1.29 is 14.3 Å². The largest absolute Gasteiger partial charge is 0.454 e. The number of ether oxygens (including phenoxy) is 2. The van der Waals surface area contributed by atoms with Crippen LogP contribution >= 0.6 is 11.8 Å². The first-order valence-electron chi connectivity index (χ1n) is 9.40. The zero-order chi connectivity index (χ0) is 20.5. The van der Waals surface area contributed by atoms with Crippen molar-refractivity contribution in [3.63, 3.8) is 0 Å². The molecule has 0 bridgehead atoms. The van der Waals surface area contributed by atoms with Gasteiger partial charge in [-0.15, -0.1) is 0 Å². The Kier molecular flexibility index (Phi) is 5.23. The summed E-state index contributed by atoms with van der Waals surface area (Å²) >= 11 is 1.25. The molecule has 1 unspecified atom stereocenters. The molecule has 4 rings (SSSR count). The second-order valence-corrected chi connectivity index (χ2v) is 7.89. The molecular weight excluding hydrogens is 392 g/mol. The molecule has 0 fully saturated rings. The van der Waals surface area contributed by atoms with Gasteiger partial charge in [0, 0.05) is 23.5 Å². The summed E-state index contributed by atoms with van der Waals surface area (Å²) in [5.41, 5.74) is 2.51. The second-order valence-electron chi connectivity index (χ2n) is 6.94. The van der Waals surface area contributed by atoms with Crippen LogP contribution in [-0.4, -0.2) is 33.0 Å². The van der Waals surface area contributed by atoms with Gasteiger partial charge in [-0.25, -0.2) is 4.98 Å². The van der Waals surface area contributed by atoms with E-state index in [4.69, 9.17) is 9.47 Å². The minimum atomic E-state index is -0.191. The number of carbonyl (C=O) groups excluding carboxylic acids is 1. The van der Waals surface area contributed by atoms with Crippen LogP contribution in [0.5, 0.6) is 11.5 Å². The van der Waals surface area contributed by atoms with Gasteiger partial charge in [0.1, 0.15) is 5.52 Å². The maximum Gasteiger partial charge on any atom is 0.278 e. The maximum absolute atomic E-state index is 13.0. The molecule has 9 heteroatoms. The molecule has 2 N–H and O–H groups in total. The van der Waals surface area contributed by atoms with Gasteiger partial charge in [-0.05, 0) is 38.5 Å². The summed E-state index contributed by atoms with van der Waals surface area (Å²) in [4.78, 5) is 33.1. The number of rotatable bonds is 6. The number of aromatic nitrogens is 3. The Labute approximate surface area is 171 Å². The minimum absolute atomic E-state index is 0.0255. The molecule has 0 saturated heterocycles. The lowest BCUT2D eigenvalue weighted by molar-refractivity contribution is -0.113. The van der Waals surface area contributed by atoms with Crippen LogP contribution < -0.4 is 20.3 Å². The number of aromatic amines is 1. The van der Waals surface area contributed by atoms with E-state index >= 15 is 0 Å². The van der Waals surface area contributed by atoms with Crippen molar-refractivity contribution in [1.82, 2.24) is 14.5 Å². The number of amides is 1. The molecule has 0 spiro atoms. The second kappa shape index (κ2) is 7.82. The van der Waals surface area contributed by atoms with Crippen molar-refractivity contribution in [2.45, 2.75) is 38.4 Å². The van der Waals surface area contributed by atoms with Gasteiger partial charge in [0.2, 0.25) is 12.7 Å². The zero-order valence-electron chi connectivity index (χ0n) is 16.4. The lowest BCUT2D eigenvalue weighted by Crippen LogP contribution is -2.26. The van der Waals surface area contributed by atoms with Crippen molar-refractivity contribution in [2.24, 2.45) is 0 Å². The standard InChI is InChI=1S/C20H22N4O4S/c1-4-12(3)24-19(26)18-14(7-11(2)21-18)23-20(24)29-9-17(25)22-13-5-6-15-16(8-13)28-10-27-15/h5-8,12,21H,4,9-10H2,1-3H3,(H,22,25). The molecule has 0 aliphatic carbocycles. The number of aryl methyl sites for hydroxylation is 1. The molecule has 0 radical (unpaired) electrons. The fourth-order valence-electron chi connectivity index (χ4n) is 3.16. The normalized spacial score (nSPS) is 13.6. The highest BCUT2D eigenvalue weighted by atomic mass is 32.2. The molecule has 2 aromatic heterocycles. The summed E-state index contributed by atoms with van der Waals surface area (Å²) < 4.78 is 12.3. The molecule has 1 atom stereocenters. The first-order valence-corrected chi connectivity index (χ1v) is 10.4. The van der Waals surface area contributed by atoms with E-state index in [1.165, 1.54) is 11.8 Å². The molecule has 29 heavy (non-hydrogen) atoms. The Morgan fingerprint density at radius 2 is 2.14 bits per heavy atom. The number of hydrogen-bond acceptors (Lipinski definition) is 6. The number of H-pyrrole nitrogens is 1. The van der Waals surface area contributed by atoms with Gasteiger partial charge in [0.25, 0.3) is 5.56 Å². The topological polar surface area (TPSA) is 98.2 Å². The molecule has 0 saturated carbocycles. The Hall–Kier alpha value is -2.94. The molecule has 3 aromatic rings. The number of anilines is 1. The predicted octanol–water partition coefficient (Wildman–Crippen LogP) is 3.46. The average Bonchev–Trinajstić information content (AvgIpc) is 3.31. The van der Waals surface area contributed by atoms with Crippen molar-refractivity contribution in [3.8, 4) is 11.5 Å². The van der Waals surface area contributed by atoms with E-state index in [2.05, 4.69) is 15.3 Å². The van der Waals surface area contributed by atoms with Crippen LogP contribution in [0.3, 0.4) is 0 Å². The first-order chi connectivity index (χ1) is 14.0. The third-order valence-corrected chi connectivity index (χ3v) is 5.76. The highest BCUT2D eigenvalue weighted by Gasteiger charge is 2.19. The minimum Gasteiger partial charge on any atom is -0.454 e. The quantitative estimate of drug-likeness (QED) is 0.473. The molecular formula is C20H22N4O4S. The molecule has 152 valence electrons. The Bertz CT molecular complexity index is 1140.